The van der Waals surface area contributed by atoms with Crippen LogP contribution in [0, 0.1) is 0 Å². The first kappa shape index (κ1) is 28.3. The minimum atomic E-state index is -4.06. The van der Waals surface area contributed by atoms with Gasteiger partial charge >= 0.3 is 0 Å². The van der Waals surface area contributed by atoms with Gasteiger partial charge in [-0.1, -0.05) is 96.0 Å². The van der Waals surface area contributed by atoms with Crippen LogP contribution in [-0.2, 0) is 21.2 Å². The molecular formula is C29H31Cl2N3O3S. The van der Waals surface area contributed by atoms with Gasteiger partial charge < -0.3 is 4.90 Å². The van der Waals surface area contributed by atoms with Crippen LogP contribution in [0.1, 0.15) is 11.1 Å². The summed E-state index contributed by atoms with van der Waals surface area (Å²) in [6.45, 7) is 3.22. The predicted octanol–water partition coefficient (Wildman–Crippen LogP) is 5.08. The van der Waals surface area contributed by atoms with Gasteiger partial charge in [0.05, 0.1) is 11.6 Å². The standard InChI is InChI=1S/C29H31Cl2N3O3S/c30-26-13-14-27(31)28(22-26)38(36,37)34(17-15-25-10-5-2-6-11-25)23-29(35)33-20-18-32(19-21-33)16-7-12-24-8-3-1-4-9-24/h1-14,22H,15-21,23H2/b12-7+. The topological polar surface area (TPSA) is 60.9 Å². The van der Waals surface area contributed by atoms with Crippen molar-refractivity contribution in [3.05, 3.63) is 106 Å². The smallest absolute Gasteiger partial charge is 0.245 e. The van der Waals surface area contributed by atoms with Crippen molar-refractivity contribution in [1.29, 1.82) is 0 Å². The molecule has 1 heterocycles. The molecule has 1 amide bonds. The number of rotatable bonds is 10. The summed E-state index contributed by atoms with van der Waals surface area (Å²) in [7, 11) is -4.06. The van der Waals surface area contributed by atoms with Crippen LogP contribution >= 0.6 is 23.2 Å². The van der Waals surface area contributed by atoms with E-state index in [4.69, 9.17) is 23.2 Å². The maximum atomic E-state index is 13.6. The number of hydrogen-bond acceptors (Lipinski definition) is 4. The highest BCUT2D eigenvalue weighted by atomic mass is 35.5. The maximum absolute atomic E-state index is 13.6. The zero-order valence-corrected chi connectivity index (χ0v) is 23.4. The molecule has 3 aromatic rings. The van der Waals surface area contributed by atoms with Crippen LogP contribution in [0.25, 0.3) is 6.08 Å². The third-order valence-corrected chi connectivity index (χ3v) is 9.08. The molecule has 0 aromatic heterocycles. The summed E-state index contributed by atoms with van der Waals surface area (Å²) in [5.74, 6) is -0.223. The third kappa shape index (κ3) is 7.68. The average Bonchev–Trinajstić information content (AvgIpc) is 2.93. The van der Waals surface area contributed by atoms with E-state index in [1.54, 1.807) is 4.90 Å². The third-order valence-electron chi connectivity index (χ3n) is 6.51. The van der Waals surface area contributed by atoms with E-state index in [-0.39, 0.29) is 33.9 Å². The highest BCUT2D eigenvalue weighted by Crippen LogP contribution is 2.28. The number of halogens is 2. The average molecular weight is 573 g/mol. The Bertz CT molecular complexity index is 1340. The van der Waals surface area contributed by atoms with E-state index in [1.807, 2.05) is 48.5 Å². The van der Waals surface area contributed by atoms with E-state index in [1.165, 1.54) is 22.5 Å². The van der Waals surface area contributed by atoms with Crippen molar-refractivity contribution >= 4 is 45.2 Å². The van der Waals surface area contributed by atoms with E-state index in [2.05, 4.69) is 29.2 Å². The lowest BCUT2D eigenvalue weighted by Gasteiger charge is -2.35. The van der Waals surface area contributed by atoms with E-state index < -0.39 is 10.0 Å². The lowest BCUT2D eigenvalue weighted by atomic mass is 10.1. The molecule has 9 heteroatoms. The Morgan fingerprint density at radius 1 is 0.895 bits per heavy atom. The zero-order chi connectivity index (χ0) is 27.0. The van der Waals surface area contributed by atoms with Gasteiger partial charge in [0.15, 0.2) is 0 Å². The van der Waals surface area contributed by atoms with Gasteiger partial charge in [-0.15, -0.1) is 0 Å². The largest absolute Gasteiger partial charge is 0.339 e. The summed E-state index contributed by atoms with van der Waals surface area (Å²) < 4.78 is 28.5. The number of carbonyl (C=O) groups is 1. The van der Waals surface area contributed by atoms with E-state index >= 15 is 0 Å². The van der Waals surface area contributed by atoms with Crippen molar-refractivity contribution in [2.24, 2.45) is 0 Å². The highest BCUT2D eigenvalue weighted by molar-refractivity contribution is 7.89. The van der Waals surface area contributed by atoms with Gasteiger partial charge in [-0.25, -0.2) is 8.42 Å². The van der Waals surface area contributed by atoms with Crippen molar-refractivity contribution in [2.75, 3.05) is 45.8 Å². The number of benzene rings is 3. The van der Waals surface area contributed by atoms with Crippen LogP contribution in [0.15, 0.2) is 89.8 Å². The highest BCUT2D eigenvalue weighted by Gasteiger charge is 2.31. The monoisotopic (exact) mass is 571 g/mol. The Morgan fingerprint density at radius 2 is 1.55 bits per heavy atom. The molecule has 0 atom stereocenters. The molecule has 200 valence electrons. The Hall–Kier alpha value is -2.68. The quantitative estimate of drug-likeness (QED) is 0.340. The Kier molecular flexibility index (Phi) is 9.99. The summed E-state index contributed by atoms with van der Waals surface area (Å²) in [6.07, 6.45) is 4.68. The fourth-order valence-electron chi connectivity index (χ4n) is 4.33. The van der Waals surface area contributed by atoms with Crippen molar-refractivity contribution in [2.45, 2.75) is 11.3 Å². The van der Waals surface area contributed by atoms with Crippen LogP contribution in [0.3, 0.4) is 0 Å². The van der Waals surface area contributed by atoms with Crippen LogP contribution in [0.4, 0.5) is 0 Å². The molecular weight excluding hydrogens is 541 g/mol. The number of sulfonamides is 1. The van der Waals surface area contributed by atoms with Crippen LogP contribution in [0.5, 0.6) is 0 Å². The number of nitrogens with zero attached hydrogens (tertiary/aromatic N) is 3. The molecule has 0 N–H and O–H groups in total. The van der Waals surface area contributed by atoms with Crippen molar-refractivity contribution in [3.8, 4) is 0 Å². The first-order chi connectivity index (χ1) is 18.3. The van der Waals surface area contributed by atoms with Crippen LogP contribution < -0.4 is 0 Å². The molecule has 3 aromatic carbocycles. The molecule has 0 unspecified atom stereocenters. The van der Waals surface area contributed by atoms with Crippen molar-refractivity contribution in [3.63, 3.8) is 0 Å². The fraction of sp³-hybridized carbons (Fsp3) is 0.276. The normalized spacial score (nSPS) is 14.9. The van der Waals surface area contributed by atoms with Crippen molar-refractivity contribution < 1.29 is 13.2 Å². The summed E-state index contributed by atoms with van der Waals surface area (Å²) >= 11 is 12.3. The van der Waals surface area contributed by atoms with Gasteiger partial charge in [0.2, 0.25) is 15.9 Å². The van der Waals surface area contributed by atoms with Gasteiger partial charge in [0, 0.05) is 44.3 Å². The second-order valence-corrected chi connectivity index (χ2v) is 11.9. The summed E-state index contributed by atoms with van der Waals surface area (Å²) in [5.41, 5.74) is 2.13. The Labute approximate surface area is 235 Å². The van der Waals surface area contributed by atoms with Gasteiger partial charge in [-0.2, -0.15) is 4.31 Å². The molecule has 0 spiro atoms. The lowest BCUT2D eigenvalue weighted by molar-refractivity contribution is -0.133. The summed E-state index contributed by atoms with van der Waals surface area (Å²) in [5, 5.41) is 0.337. The van der Waals surface area contributed by atoms with E-state index in [0.29, 0.717) is 19.5 Å². The molecule has 38 heavy (non-hydrogen) atoms. The zero-order valence-electron chi connectivity index (χ0n) is 21.0. The molecule has 1 aliphatic rings. The van der Waals surface area contributed by atoms with Gasteiger partial charge in [0.1, 0.15) is 4.90 Å². The van der Waals surface area contributed by atoms with Crippen molar-refractivity contribution in [1.82, 2.24) is 14.1 Å². The molecule has 0 aliphatic carbocycles. The molecule has 0 radical (unpaired) electrons. The minimum Gasteiger partial charge on any atom is -0.339 e. The van der Waals surface area contributed by atoms with E-state index in [9.17, 15) is 13.2 Å². The molecule has 4 rings (SSSR count). The van der Waals surface area contributed by atoms with Crippen LogP contribution in [0.2, 0.25) is 10.0 Å². The second-order valence-electron chi connectivity index (χ2n) is 9.14. The molecule has 6 nitrogen and oxygen atoms in total. The first-order valence-electron chi connectivity index (χ1n) is 12.5. The molecule has 0 saturated carbocycles. The summed E-state index contributed by atoms with van der Waals surface area (Å²) in [6, 6.07) is 24.0. The predicted molar refractivity (Wildman–Crippen MR) is 154 cm³/mol. The Morgan fingerprint density at radius 3 is 2.24 bits per heavy atom. The van der Waals surface area contributed by atoms with Crippen LogP contribution in [-0.4, -0.2) is 74.2 Å². The second kappa shape index (κ2) is 13.4. The fourth-order valence-corrected chi connectivity index (χ4v) is 6.46. The molecule has 0 bridgehead atoms. The number of hydrogen-bond donors (Lipinski definition) is 0. The molecule has 1 saturated heterocycles. The number of carbonyl (C=O) groups excluding carboxylic acids is 1. The summed E-state index contributed by atoms with van der Waals surface area (Å²) in [4.78, 5) is 17.2. The first-order valence-corrected chi connectivity index (χ1v) is 14.7. The van der Waals surface area contributed by atoms with Gasteiger partial charge in [0.25, 0.3) is 0 Å². The van der Waals surface area contributed by atoms with Gasteiger partial charge in [-0.3, -0.25) is 9.69 Å². The SMILES string of the molecule is O=C(CN(CCc1ccccc1)S(=O)(=O)c1cc(Cl)ccc1Cl)N1CCN(C/C=C/c2ccccc2)CC1. The minimum absolute atomic E-state index is 0.0729. The maximum Gasteiger partial charge on any atom is 0.245 e. The molecule has 1 fully saturated rings. The van der Waals surface area contributed by atoms with Gasteiger partial charge in [-0.05, 0) is 35.7 Å². The van der Waals surface area contributed by atoms with E-state index in [0.717, 1.165) is 30.8 Å². The lowest BCUT2D eigenvalue weighted by Crippen LogP contribution is -2.51. The number of amides is 1. The number of piperazine rings is 1. The Balaban J connectivity index is 1.41. The molecule has 1 aliphatic heterocycles.